The van der Waals surface area contributed by atoms with E-state index in [1.54, 1.807) is 0 Å². The first kappa shape index (κ1) is 23.4. The Morgan fingerprint density at radius 2 is 1.12 bits per heavy atom. The van der Waals surface area contributed by atoms with Crippen molar-refractivity contribution < 1.29 is 19.4 Å². The largest absolute Gasteiger partial charge is 0.465 e. The van der Waals surface area contributed by atoms with Gasteiger partial charge in [-0.2, -0.15) is 0 Å². The fourth-order valence-corrected chi connectivity index (χ4v) is 3.01. The Morgan fingerprint density at radius 3 is 1.46 bits per heavy atom. The van der Waals surface area contributed by atoms with E-state index in [9.17, 15) is 9.90 Å². The number of carbonyl (C=O) groups excluding carboxylic acids is 1. The highest BCUT2D eigenvalue weighted by molar-refractivity contribution is 5.77. The molecule has 0 heterocycles. The van der Waals surface area contributed by atoms with E-state index in [1.165, 1.54) is 84.8 Å². The van der Waals surface area contributed by atoms with Crippen LogP contribution in [0.2, 0.25) is 0 Å². The fourth-order valence-electron chi connectivity index (χ4n) is 3.01. The van der Waals surface area contributed by atoms with Gasteiger partial charge in [-0.3, -0.25) is 0 Å². The summed E-state index contributed by atoms with van der Waals surface area (Å²) < 4.78 is 9.45. The van der Waals surface area contributed by atoms with E-state index in [-0.39, 0.29) is 0 Å². The van der Waals surface area contributed by atoms with Crippen molar-refractivity contribution in [3.05, 3.63) is 0 Å². The van der Waals surface area contributed by atoms with Gasteiger partial charge in [0.1, 0.15) is 0 Å². The van der Waals surface area contributed by atoms with E-state index in [0.717, 1.165) is 19.3 Å². The molecule has 4 nitrogen and oxygen atoms in total. The fraction of sp³-hybridized carbons (Fsp3) is 0.950. The lowest BCUT2D eigenvalue weighted by Crippen LogP contribution is -2.41. The summed E-state index contributed by atoms with van der Waals surface area (Å²) in [5.74, 6) is -2.48. The van der Waals surface area contributed by atoms with Crippen molar-refractivity contribution in [1.82, 2.24) is 0 Å². The third kappa shape index (κ3) is 11.9. The third-order valence-electron chi connectivity index (χ3n) is 4.71. The van der Waals surface area contributed by atoms with Crippen LogP contribution in [0.3, 0.4) is 0 Å². The maximum Gasteiger partial charge on any atom is 0.366 e. The molecule has 1 atom stereocenters. The molecule has 0 aromatic rings. The minimum atomic E-state index is -1.77. The number of esters is 1. The number of unbranched alkanes of at least 4 members (excludes halogenated alkanes) is 13. The summed E-state index contributed by atoms with van der Waals surface area (Å²) in [5.41, 5.74) is 0. The van der Waals surface area contributed by atoms with Crippen molar-refractivity contribution in [3.8, 4) is 0 Å². The Bertz CT molecular complexity index is 293. The van der Waals surface area contributed by atoms with Crippen molar-refractivity contribution in [2.24, 2.45) is 0 Å². The molecular weight excluding hydrogens is 304 g/mol. The van der Waals surface area contributed by atoms with Gasteiger partial charge in [0.05, 0.1) is 7.11 Å². The number of methoxy groups -OCH3 is 2. The molecule has 0 aromatic carbocycles. The summed E-state index contributed by atoms with van der Waals surface area (Å²) in [5, 5.41) is 9.98. The van der Waals surface area contributed by atoms with Crippen molar-refractivity contribution in [3.63, 3.8) is 0 Å². The predicted octanol–water partition coefficient (Wildman–Crippen LogP) is 5.37. The minimum absolute atomic E-state index is 0.300. The van der Waals surface area contributed by atoms with E-state index < -0.39 is 11.8 Å². The molecule has 0 rings (SSSR count). The van der Waals surface area contributed by atoms with Gasteiger partial charge in [-0.15, -0.1) is 0 Å². The summed E-state index contributed by atoms with van der Waals surface area (Å²) in [6, 6.07) is 0. The predicted molar refractivity (Wildman–Crippen MR) is 98.9 cm³/mol. The lowest BCUT2D eigenvalue weighted by Gasteiger charge is -2.22. The molecule has 0 aliphatic heterocycles. The SMILES string of the molecule is CCCCCCCCCCCCCCCCC(O)(OC)C(=O)OC. The third-order valence-corrected chi connectivity index (χ3v) is 4.71. The summed E-state index contributed by atoms with van der Waals surface area (Å²) in [7, 11) is 2.60. The second kappa shape index (κ2) is 15.9. The molecule has 0 aliphatic rings. The van der Waals surface area contributed by atoms with E-state index in [2.05, 4.69) is 11.7 Å². The Kier molecular flexibility index (Phi) is 15.5. The van der Waals surface area contributed by atoms with Crippen LogP contribution in [0.5, 0.6) is 0 Å². The molecule has 1 unspecified atom stereocenters. The molecule has 0 aliphatic carbocycles. The maximum absolute atomic E-state index is 11.4. The summed E-state index contributed by atoms with van der Waals surface area (Å²) in [6.45, 7) is 2.26. The normalized spacial score (nSPS) is 13.7. The van der Waals surface area contributed by atoms with Gasteiger partial charge in [-0.25, -0.2) is 4.79 Å². The van der Waals surface area contributed by atoms with Gasteiger partial charge in [0.25, 0.3) is 5.79 Å². The molecule has 0 amide bonds. The van der Waals surface area contributed by atoms with Gasteiger partial charge in [-0.05, 0) is 6.42 Å². The molecule has 0 saturated carbocycles. The zero-order valence-electron chi connectivity index (χ0n) is 16.3. The molecule has 4 heteroatoms. The van der Waals surface area contributed by atoms with Crippen LogP contribution in [0.4, 0.5) is 0 Å². The van der Waals surface area contributed by atoms with Gasteiger partial charge < -0.3 is 14.6 Å². The second-order valence-corrected chi connectivity index (χ2v) is 6.83. The molecule has 1 N–H and O–H groups in total. The second-order valence-electron chi connectivity index (χ2n) is 6.83. The van der Waals surface area contributed by atoms with E-state index in [4.69, 9.17) is 4.74 Å². The van der Waals surface area contributed by atoms with Gasteiger partial charge in [0.2, 0.25) is 0 Å². The van der Waals surface area contributed by atoms with Crippen LogP contribution in [0, 0.1) is 0 Å². The summed E-state index contributed by atoms with van der Waals surface area (Å²) in [4.78, 5) is 11.4. The van der Waals surface area contributed by atoms with Gasteiger partial charge in [0.15, 0.2) is 0 Å². The molecule has 144 valence electrons. The first-order valence-electron chi connectivity index (χ1n) is 9.96. The molecule has 0 bridgehead atoms. The first-order valence-corrected chi connectivity index (χ1v) is 9.96. The maximum atomic E-state index is 11.4. The Labute approximate surface area is 149 Å². The molecular formula is C20H40O4. The monoisotopic (exact) mass is 344 g/mol. The zero-order valence-corrected chi connectivity index (χ0v) is 16.3. The standard InChI is InChI=1S/C20H40O4/c1-4-5-6-7-8-9-10-11-12-13-14-15-16-17-18-20(22,24-3)19(21)23-2/h22H,4-18H2,1-3H3. The number of hydrogen-bond donors (Lipinski definition) is 1. The molecule has 0 radical (unpaired) electrons. The first-order chi connectivity index (χ1) is 11.6. The number of carbonyl (C=O) groups is 1. The highest BCUT2D eigenvalue weighted by atomic mass is 16.7. The lowest BCUT2D eigenvalue weighted by molar-refractivity contribution is -0.219. The Balaban J connectivity index is 3.35. The van der Waals surface area contributed by atoms with Crippen molar-refractivity contribution in [2.75, 3.05) is 14.2 Å². The quantitative estimate of drug-likeness (QED) is 0.219. The van der Waals surface area contributed by atoms with Gasteiger partial charge in [0, 0.05) is 13.5 Å². The van der Waals surface area contributed by atoms with Crippen LogP contribution in [-0.4, -0.2) is 31.1 Å². The van der Waals surface area contributed by atoms with Crippen molar-refractivity contribution in [1.29, 1.82) is 0 Å². The topological polar surface area (TPSA) is 55.8 Å². The van der Waals surface area contributed by atoms with Crippen molar-refractivity contribution in [2.45, 2.75) is 109 Å². The zero-order chi connectivity index (χ0) is 18.1. The van der Waals surface area contributed by atoms with E-state index in [0.29, 0.717) is 6.42 Å². The highest BCUT2D eigenvalue weighted by Crippen LogP contribution is 2.19. The molecule has 24 heavy (non-hydrogen) atoms. The highest BCUT2D eigenvalue weighted by Gasteiger charge is 2.36. The van der Waals surface area contributed by atoms with Crippen LogP contribution in [-0.2, 0) is 14.3 Å². The molecule has 0 aromatic heterocycles. The van der Waals surface area contributed by atoms with Crippen LogP contribution < -0.4 is 0 Å². The molecule has 0 spiro atoms. The average Bonchev–Trinajstić information content (AvgIpc) is 2.61. The van der Waals surface area contributed by atoms with E-state index >= 15 is 0 Å². The molecule has 0 saturated heterocycles. The summed E-state index contributed by atoms with van der Waals surface area (Å²) in [6.07, 6.45) is 18.2. The molecule has 0 fully saturated rings. The Hall–Kier alpha value is -0.610. The number of rotatable bonds is 17. The minimum Gasteiger partial charge on any atom is -0.465 e. The lowest BCUT2D eigenvalue weighted by atomic mass is 10.0. The van der Waals surface area contributed by atoms with Crippen LogP contribution in [0.15, 0.2) is 0 Å². The van der Waals surface area contributed by atoms with Gasteiger partial charge >= 0.3 is 5.97 Å². The van der Waals surface area contributed by atoms with Gasteiger partial charge in [-0.1, -0.05) is 90.4 Å². The van der Waals surface area contributed by atoms with Crippen LogP contribution in [0.1, 0.15) is 103 Å². The average molecular weight is 345 g/mol. The van der Waals surface area contributed by atoms with Crippen LogP contribution >= 0.6 is 0 Å². The number of aliphatic hydroxyl groups is 1. The van der Waals surface area contributed by atoms with E-state index in [1.807, 2.05) is 0 Å². The number of hydrogen-bond acceptors (Lipinski definition) is 4. The van der Waals surface area contributed by atoms with Crippen molar-refractivity contribution >= 4 is 5.97 Å². The smallest absolute Gasteiger partial charge is 0.366 e. The summed E-state index contributed by atoms with van der Waals surface area (Å²) >= 11 is 0. The Morgan fingerprint density at radius 1 is 0.750 bits per heavy atom. The van der Waals surface area contributed by atoms with Crippen LogP contribution in [0.25, 0.3) is 0 Å². The number of ether oxygens (including phenoxy) is 2.